The number of rotatable bonds is 1. The Balaban J connectivity index is 1.52. The van der Waals surface area contributed by atoms with Crippen molar-refractivity contribution in [2.45, 2.75) is 81.4 Å². The van der Waals surface area contributed by atoms with Crippen molar-refractivity contribution in [2.75, 3.05) is 24.6 Å². The lowest BCUT2D eigenvalue weighted by Gasteiger charge is -2.42. The van der Waals surface area contributed by atoms with Gasteiger partial charge in [0.05, 0.1) is 22.4 Å². The molecule has 2 bridgehead atoms. The number of carbonyl (C=O) groups excluding carboxylic acids is 1. The van der Waals surface area contributed by atoms with Crippen LogP contribution < -0.4 is 14.4 Å². The van der Waals surface area contributed by atoms with Gasteiger partial charge in [0, 0.05) is 18.7 Å². The van der Waals surface area contributed by atoms with Crippen LogP contribution >= 0.6 is 11.6 Å². The number of amides is 1. The van der Waals surface area contributed by atoms with Gasteiger partial charge in [-0.2, -0.15) is 0 Å². The summed E-state index contributed by atoms with van der Waals surface area (Å²) >= 11 is 6.43. The number of nitrogens with zero attached hydrogens (tertiary/aromatic N) is 1. The molecule has 2 heterocycles. The van der Waals surface area contributed by atoms with E-state index in [0.29, 0.717) is 43.1 Å². The van der Waals surface area contributed by atoms with Gasteiger partial charge in [0.1, 0.15) is 12.4 Å². The number of hydrogen-bond acceptors (Lipinski definition) is 6. The average Bonchev–Trinajstić information content (AvgIpc) is 2.93. The molecule has 40 heavy (non-hydrogen) atoms. The van der Waals surface area contributed by atoms with E-state index in [0.717, 1.165) is 62.9 Å². The number of sulfonamides is 1. The van der Waals surface area contributed by atoms with Gasteiger partial charge in [0.15, 0.2) is 0 Å². The maximum absolute atomic E-state index is 13.3. The van der Waals surface area contributed by atoms with Crippen LogP contribution in [0.3, 0.4) is 0 Å². The number of aliphatic hydroxyl groups is 1. The first-order valence-corrected chi connectivity index (χ1v) is 16.7. The van der Waals surface area contributed by atoms with E-state index in [2.05, 4.69) is 21.8 Å². The summed E-state index contributed by atoms with van der Waals surface area (Å²) in [5.74, 6) is 0.515. The van der Waals surface area contributed by atoms with Gasteiger partial charge >= 0.3 is 0 Å². The first-order chi connectivity index (χ1) is 19.2. The molecule has 1 amide bonds. The Hall–Kier alpha value is -2.29. The summed E-state index contributed by atoms with van der Waals surface area (Å²) in [6.45, 7) is 3.73. The molecule has 218 valence electrons. The Kier molecular flexibility index (Phi) is 9.28. The minimum Gasteiger partial charge on any atom is -0.487 e. The molecule has 5 rings (SSSR count). The number of benzene rings is 1. The number of fused-ring (bicyclic) bond motifs is 3. The highest BCUT2D eigenvalue weighted by Crippen LogP contribution is 2.41. The molecule has 1 fully saturated rings. The van der Waals surface area contributed by atoms with Crippen molar-refractivity contribution < 1.29 is 23.1 Å². The van der Waals surface area contributed by atoms with Gasteiger partial charge in [0.2, 0.25) is 10.0 Å². The number of alkyl halides is 1. The average molecular weight is 589 g/mol. The van der Waals surface area contributed by atoms with Crippen LogP contribution in [-0.2, 0) is 10.0 Å². The number of nitrogens with one attached hydrogen (secondary N) is 1. The second-order valence-electron chi connectivity index (χ2n) is 11.6. The highest BCUT2D eigenvalue weighted by atomic mass is 35.5. The third kappa shape index (κ3) is 6.60. The summed E-state index contributed by atoms with van der Waals surface area (Å²) in [5.41, 5.74) is 3.48. The Labute approximate surface area is 243 Å². The second kappa shape index (κ2) is 12.7. The molecule has 1 aromatic carbocycles. The molecule has 0 spiro atoms. The number of hydrogen-bond donors (Lipinski definition) is 2. The third-order valence-corrected chi connectivity index (χ3v) is 11.2. The molecule has 4 aliphatic rings. The van der Waals surface area contributed by atoms with Crippen molar-refractivity contribution in [3.8, 4) is 5.75 Å². The molecule has 2 unspecified atom stereocenters. The molecule has 2 N–H and O–H groups in total. The van der Waals surface area contributed by atoms with Gasteiger partial charge in [-0.25, -0.2) is 13.1 Å². The predicted molar refractivity (Wildman–Crippen MR) is 159 cm³/mol. The van der Waals surface area contributed by atoms with Crippen molar-refractivity contribution in [3.05, 3.63) is 59.2 Å². The lowest BCUT2D eigenvalue weighted by atomic mass is 9.70. The van der Waals surface area contributed by atoms with Crippen LogP contribution in [0.4, 0.5) is 5.69 Å². The Morgan fingerprint density at radius 2 is 2.02 bits per heavy atom. The summed E-state index contributed by atoms with van der Waals surface area (Å²) in [6, 6.07) is 5.20. The molecule has 0 saturated heterocycles. The second-order valence-corrected chi connectivity index (χ2v) is 14.1. The lowest BCUT2D eigenvalue weighted by Crippen LogP contribution is -2.43. The van der Waals surface area contributed by atoms with Gasteiger partial charge in [-0.3, -0.25) is 4.79 Å². The number of allylic oxidation sites excluding steroid dienone is 3. The minimum absolute atomic E-state index is 0.00406. The van der Waals surface area contributed by atoms with E-state index in [4.69, 9.17) is 16.3 Å². The van der Waals surface area contributed by atoms with Crippen molar-refractivity contribution in [1.82, 2.24) is 4.72 Å². The van der Waals surface area contributed by atoms with E-state index >= 15 is 0 Å². The molecular weight excluding hydrogens is 548 g/mol. The first-order valence-electron chi connectivity index (χ1n) is 14.7. The van der Waals surface area contributed by atoms with Gasteiger partial charge in [0.25, 0.3) is 5.91 Å². The highest BCUT2D eigenvalue weighted by Gasteiger charge is 2.37. The molecule has 2 aliphatic carbocycles. The van der Waals surface area contributed by atoms with Crippen molar-refractivity contribution in [1.29, 1.82) is 0 Å². The largest absolute Gasteiger partial charge is 0.487 e. The standard InChI is InChI=1S/C31H41ClN2O5S/c1-2-26-8-3-4-9-29(35)27-14-11-23(27)19-34-16-6-5-7-21-17-25(32)13-10-24(21)20-39-30-15-12-22(18-28(30)34)31(36)33-40(26,37)38/h4,9-10,12,15,17-18,23,25-27,29,35H,2-3,5-8,11,13-14,16,19-20H2,1H3,(H,33,36)/b9-4+/t23?,25?,26-,27-,29+/m1/s1. The van der Waals surface area contributed by atoms with E-state index < -0.39 is 27.3 Å². The smallest absolute Gasteiger partial charge is 0.264 e. The monoisotopic (exact) mass is 588 g/mol. The van der Waals surface area contributed by atoms with E-state index in [1.807, 2.05) is 19.1 Å². The van der Waals surface area contributed by atoms with Crippen LogP contribution in [0.5, 0.6) is 5.75 Å². The summed E-state index contributed by atoms with van der Waals surface area (Å²) < 4.78 is 35.0. The summed E-state index contributed by atoms with van der Waals surface area (Å²) in [4.78, 5) is 15.5. The minimum atomic E-state index is -3.87. The highest BCUT2D eigenvalue weighted by molar-refractivity contribution is 7.90. The van der Waals surface area contributed by atoms with Crippen LogP contribution in [0.15, 0.2) is 53.6 Å². The Morgan fingerprint density at radius 1 is 1.18 bits per heavy atom. The molecule has 1 saturated carbocycles. The summed E-state index contributed by atoms with van der Waals surface area (Å²) in [6.07, 6.45) is 14.4. The van der Waals surface area contributed by atoms with Crippen molar-refractivity contribution >= 4 is 33.2 Å². The molecule has 0 radical (unpaired) electrons. The summed E-state index contributed by atoms with van der Waals surface area (Å²) in [7, 11) is -3.87. The van der Waals surface area contributed by atoms with Crippen LogP contribution in [-0.4, -0.2) is 55.9 Å². The lowest BCUT2D eigenvalue weighted by molar-refractivity contribution is 0.0461. The van der Waals surface area contributed by atoms with Gasteiger partial charge in [-0.15, -0.1) is 11.6 Å². The Morgan fingerprint density at radius 3 is 2.80 bits per heavy atom. The van der Waals surface area contributed by atoms with E-state index in [-0.39, 0.29) is 11.3 Å². The number of ether oxygens (including phenoxy) is 1. The van der Waals surface area contributed by atoms with Gasteiger partial charge in [-0.1, -0.05) is 31.2 Å². The number of anilines is 1. The topological polar surface area (TPSA) is 95.9 Å². The van der Waals surface area contributed by atoms with Crippen LogP contribution in [0.1, 0.15) is 75.1 Å². The number of carbonyl (C=O) groups is 1. The first kappa shape index (κ1) is 29.2. The fourth-order valence-electron chi connectivity index (χ4n) is 6.35. The van der Waals surface area contributed by atoms with E-state index in [1.165, 1.54) is 5.57 Å². The van der Waals surface area contributed by atoms with Crippen LogP contribution in [0.25, 0.3) is 0 Å². The van der Waals surface area contributed by atoms with Crippen LogP contribution in [0, 0.1) is 11.8 Å². The van der Waals surface area contributed by atoms with Crippen LogP contribution in [0.2, 0.25) is 0 Å². The molecule has 0 aromatic heterocycles. The fraction of sp³-hybridized carbons (Fsp3) is 0.581. The summed E-state index contributed by atoms with van der Waals surface area (Å²) in [5, 5.41) is 10.3. The molecule has 1 aromatic rings. The molecule has 9 heteroatoms. The number of aliphatic hydroxyl groups excluding tert-OH is 1. The fourth-order valence-corrected chi connectivity index (χ4v) is 8.02. The maximum Gasteiger partial charge on any atom is 0.264 e. The van der Waals surface area contributed by atoms with Crippen molar-refractivity contribution in [2.24, 2.45) is 11.8 Å². The zero-order valence-electron chi connectivity index (χ0n) is 23.2. The third-order valence-electron chi connectivity index (χ3n) is 8.94. The molecule has 2 aliphatic heterocycles. The van der Waals surface area contributed by atoms with E-state index in [1.54, 1.807) is 18.2 Å². The van der Waals surface area contributed by atoms with Gasteiger partial charge in [-0.05, 0) is 99.0 Å². The molecular formula is C31H41ClN2O5S. The molecule has 5 atom stereocenters. The number of halogens is 1. The zero-order valence-corrected chi connectivity index (χ0v) is 24.8. The van der Waals surface area contributed by atoms with Crippen molar-refractivity contribution in [3.63, 3.8) is 0 Å². The Bertz CT molecular complexity index is 1290. The SMILES string of the molecule is CC[C@@H]1CC/C=C/[C@H](O)[C@@H]2CCC2CN2CCCCC3=CC(Cl)CC=C3COc3ccc(cc32)C(=O)NS1(=O)=O. The maximum atomic E-state index is 13.3. The van der Waals surface area contributed by atoms with Gasteiger partial charge < -0.3 is 14.7 Å². The zero-order chi connectivity index (χ0) is 28.3. The van der Waals surface area contributed by atoms with E-state index in [9.17, 15) is 18.3 Å². The normalized spacial score (nSPS) is 31.9. The molecule has 7 nitrogen and oxygen atoms in total. The quantitative estimate of drug-likeness (QED) is 0.332. The predicted octanol–water partition coefficient (Wildman–Crippen LogP) is 5.49.